The van der Waals surface area contributed by atoms with Crippen LogP contribution in [0.2, 0.25) is 0 Å². The second-order valence-corrected chi connectivity index (χ2v) is 4.74. The second kappa shape index (κ2) is 7.25. The Kier molecular flexibility index (Phi) is 5.37. The zero-order chi connectivity index (χ0) is 14.4. The third-order valence-corrected chi connectivity index (χ3v) is 3.36. The van der Waals surface area contributed by atoms with E-state index in [-0.39, 0.29) is 5.96 Å². The van der Waals surface area contributed by atoms with Crippen LogP contribution in [0.5, 0.6) is 0 Å². The minimum atomic E-state index is 0.241. The van der Waals surface area contributed by atoms with Gasteiger partial charge in [0.15, 0.2) is 0 Å². The summed E-state index contributed by atoms with van der Waals surface area (Å²) < 4.78 is 10.6. The molecule has 2 aliphatic rings. The molecule has 20 heavy (non-hydrogen) atoms. The molecule has 0 radical (unpaired) electrons. The van der Waals surface area contributed by atoms with E-state index in [0.717, 1.165) is 45.2 Å². The summed E-state index contributed by atoms with van der Waals surface area (Å²) in [5, 5.41) is 0. The van der Waals surface area contributed by atoms with Crippen LogP contribution in [0, 0.1) is 0 Å². The van der Waals surface area contributed by atoms with Gasteiger partial charge >= 0.3 is 0 Å². The zero-order valence-electron chi connectivity index (χ0n) is 12.0. The molecule has 2 heterocycles. The van der Waals surface area contributed by atoms with Gasteiger partial charge in [0.2, 0.25) is 5.96 Å². The number of ether oxygens (including phenoxy) is 2. The van der Waals surface area contributed by atoms with Crippen LogP contribution in [0.25, 0.3) is 0 Å². The SMILES string of the molecule is C=C(/N=C(N)\N=C(/C)N1CCOCC1)N1CCOCC1. The van der Waals surface area contributed by atoms with Crippen LogP contribution in [0.4, 0.5) is 0 Å². The van der Waals surface area contributed by atoms with E-state index < -0.39 is 0 Å². The molecule has 7 nitrogen and oxygen atoms in total. The predicted molar refractivity (Wildman–Crippen MR) is 78.7 cm³/mol. The lowest BCUT2D eigenvalue weighted by Gasteiger charge is -2.29. The molecule has 2 N–H and O–H groups in total. The summed E-state index contributed by atoms with van der Waals surface area (Å²) in [6.45, 7) is 12.0. The first-order valence-corrected chi connectivity index (χ1v) is 6.90. The molecular weight excluding hydrogens is 258 g/mol. The van der Waals surface area contributed by atoms with Crippen molar-refractivity contribution in [2.24, 2.45) is 15.7 Å². The molecule has 0 saturated carbocycles. The molecule has 0 unspecified atom stereocenters. The summed E-state index contributed by atoms with van der Waals surface area (Å²) in [5.41, 5.74) is 5.87. The van der Waals surface area contributed by atoms with E-state index in [4.69, 9.17) is 15.2 Å². The maximum atomic E-state index is 5.87. The highest BCUT2D eigenvalue weighted by Crippen LogP contribution is 2.07. The minimum absolute atomic E-state index is 0.241. The van der Waals surface area contributed by atoms with Crippen molar-refractivity contribution in [1.82, 2.24) is 9.80 Å². The molecule has 0 bridgehead atoms. The molecule has 2 aliphatic heterocycles. The third-order valence-electron chi connectivity index (χ3n) is 3.36. The maximum Gasteiger partial charge on any atom is 0.223 e. The summed E-state index contributed by atoms with van der Waals surface area (Å²) in [4.78, 5) is 12.8. The number of guanidine groups is 1. The van der Waals surface area contributed by atoms with Crippen LogP contribution in [-0.4, -0.2) is 74.2 Å². The summed E-state index contributed by atoms with van der Waals surface area (Å²) >= 11 is 0. The van der Waals surface area contributed by atoms with Gasteiger partial charge in [-0.05, 0) is 6.92 Å². The highest BCUT2D eigenvalue weighted by Gasteiger charge is 2.13. The molecular formula is C13H23N5O2. The molecule has 7 heteroatoms. The number of aliphatic imine (C=N–C) groups is 2. The van der Waals surface area contributed by atoms with Gasteiger partial charge in [0.05, 0.1) is 26.4 Å². The van der Waals surface area contributed by atoms with Crippen molar-refractivity contribution >= 4 is 11.8 Å². The number of morpholine rings is 2. The number of hydrogen-bond donors (Lipinski definition) is 1. The van der Waals surface area contributed by atoms with Crippen molar-refractivity contribution < 1.29 is 9.47 Å². The largest absolute Gasteiger partial charge is 0.378 e. The van der Waals surface area contributed by atoms with E-state index in [9.17, 15) is 0 Å². The quantitative estimate of drug-likeness (QED) is 0.563. The van der Waals surface area contributed by atoms with Gasteiger partial charge in [-0.2, -0.15) is 4.99 Å². The Balaban J connectivity index is 1.92. The first-order chi connectivity index (χ1) is 9.66. The fraction of sp³-hybridized carbons (Fsp3) is 0.692. The number of rotatable bonds is 2. The Morgan fingerprint density at radius 1 is 0.950 bits per heavy atom. The monoisotopic (exact) mass is 281 g/mol. The van der Waals surface area contributed by atoms with E-state index in [2.05, 4.69) is 26.4 Å². The Bertz CT molecular complexity index is 396. The molecule has 2 rings (SSSR count). The van der Waals surface area contributed by atoms with Gasteiger partial charge in [0.25, 0.3) is 0 Å². The van der Waals surface area contributed by atoms with Crippen LogP contribution in [0.3, 0.4) is 0 Å². The predicted octanol–water partition coefficient (Wildman–Crippen LogP) is -0.145. The molecule has 0 atom stereocenters. The molecule has 0 spiro atoms. The topological polar surface area (TPSA) is 75.7 Å². The summed E-state index contributed by atoms with van der Waals surface area (Å²) in [6.07, 6.45) is 0. The number of hydrogen-bond acceptors (Lipinski definition) is 4. The van der Waals surface area contributed by atoms with Crippen LogP contribution in [-0.2, 0) is 9.47 Å². The van der Waals surface area contributed by atoms with Crippen LogP contribution >= 0.6 is 0 Å². The van der Waals surface area contributed by atoms with Gasteiger partial charge in [-0.3, -0.25) is 0 Å². The van der Waals surface area contributed by atoms with Crippen molar-refractivity contribution in [2.75, 3.05) is 52.6 Å². The van der Waals surface area contributed by atoms with Gasteiger partial charge in [-0.25, -0.2) is 4.99 Å². The Morgan fingerprint density at radius 3 is 2.00 bits per heavy atom. The van der Waals surface area contributed by atoms with E-state index in [1.165, 1.54) is 0 Å². The fourth-order valence-corrected chi connectivity index (χ4v) is 2.17. The number of amidine groups is 1. The van der Waals surface area contributed by atoms with Gasteiger partial charge in [0, 0.05) is 26.2 Å². The molecule has 0 aromatic carbocycles. The Labute approximate surface area is 119 Å². The smallest absolute Gasteiger partial charge is 0.223 e. The maximum absolute atomic E-state index is 5.87. The molecule has 0 aromatic rings. The minimum Gasteiger partial charge on any atom is -0.378 e. The van der Waals surface area contributed by atoms with Crippen LogP contribution in [0.1, 0.15) is 6.92 Å². The summed E-state index contributed by atoms with van der Waals surface area (Å²) in [6, 6.07) is 0. The van der Waals surface area contributed by atoms with Gasteiger partial charge in [-0.15, -0.1) is 0 Å². The van der Waals surface area contributed by atoms with Crippen molar-refractivity contribution in [3.8, 4) is 0 Å². The fourth-order valence-electron chi connectivity index (χ4n) is 2.17. The van der Waals surface area contributed by atoms with Crippen LogP contribution < -0.4 is 5.73 Å². The lowest BCUT2D eigenvalue weighted by atomic mass is 10.4. The van der Waals surface area contributed by atoms with E-state index in [1.54, 1.807) is 0 Å². The van der Waals surface area contributed by atoms with Crippen LogP contribution in [0.15, 0.2) is 22.4 Å². The first kappa shape index (κ1) is 14.8. The molecule has 112 valence electrons. The lowest BCUT2D eigenvalue weighted by molar-refractivity contribution is 0.0534. The van der Waals surface area contributed by atoms with Crippen molar-refractivity contribution in [3.63, 3.8) is 0 Å². The first-order valence-electron chi connectivity index (χ1n) is 6.90. The lowest BCUT2D eigenvalue weighted by Crippen LogP contribution is -2.40. The van der Waals surface area contributed by atoms with Gasteiger partial charge in [0.1, 0.15) is 11.7 Å². The van der Waals surface area contributed by atoms with Crippen molar-refractivity contribution in [1.29, 1.82) is 0 Å². The van der Waals surface area contributed by atoms with E-state index in [1.807, 2.05) is 6.92 Å². The summed E-state index contributed by atoms with van der Waals surface area (Å²) in [5.74, 6) is 1.75. The van der Waals surface area contributed by atoms with E-state index >= 15 is 0 Å². The normalized spacial score (nSPS) is 22.1. The standard InChI is InChI=1S/C13H23N5O2/c1-11(17-3-7-19-8-4-17)15-13(14)16-12(2)18-5-9-20-10-6-18/h1,3-10H2,2H3,(H2,14,15)/b16-12+. The zero-order valence-corrected chi connectivity index (χ0v) is 12.0. The second-order valence-electron chi connectivity index (χ2n) is 4.74. The van der Waals surface area contributed by atoms with Gasteiger partial charge in [-0.1, -0.05) is 6.58 Å². The average Bonchev–Trinajstić information content (AvgIpc) is 2.49. The van der Waals surface area contributed by atoms with Crippen molar-refractivity contribution in [3.05, 3.63) is 12.4 Å². The molecule has 2 fully saturated rings. The highest BCUT2D eigenvalue weighted by atomic mass is 16.5. The number of nitrogens with zero attached hydrogens (tertiary/aromatic N) is 4. The summed E-state index contributed by atoms with van der Waals surface area (Å²) in [7, 11) is 0. The van der Waals surface area contributed by atoms with Crippen molar-refractivity contribution in [2.45, 2.75) is 6.92 Å². The number of nitrogens with two attached hydrogens (primary N) is 1. The van der Waals surface area contributed by atoms with E-state index in [0.29, 0.717) is 19.0 Å². The molecule has 0 aliphatic carbocycles. The average molecular weight is 281 g/mol. The molecule has 2 saturated heterocycles. The third kappa shape index (κ3) is 4.21. The Hall–Kier alpha value is -1.60. The molecule has 0 aromatic heterocycles. The van der Waals surface area contributed by atoms with Gasteiger partial charge < -0.3 is 25.0 Å². The Morgan fingerprint density at radius 2 is 1.45 bits per heavy atom. The highest BCUT2D eigenvalue weighted by molar-refractivity contribution is 5.94. The molecule has 0 amide bonds.